The van der Waals surface area contributed by atoms with Crippen LogP contribution in [-0.4, -0.2) is 29.6 Å². The fraction of sp³-hybridized carbons (Fsp3) is 0.278. The molecule has 2 rings (SSSR count). The number of rotatable bonds is 5. The van der Waals surface area contributed by atoms with Crippen LogP contribution >= 0.6 is 0 Å². The molecule has 0 radical (unpaired) electrons. The van der Waals surface area contributed by atoms with Gasteiger partial charge < -0.3 is 9.47 Å². The molecule has 0 bridgehead atoms. The summed E-state index contributed by atoms with van der Waals surface area (Å²) in [7, 11) is 0. The molecule has 1 heterocycles. The highest BCUT2D eigenvalue weighted by molar-refractivity contribution is 5.98. The lowest BCUT2D eigenvalue weighted by molar-refractivity contribution is -0.0494. The van der Waals surface area contributed by atoms with Crippen LogP contribution in [0.1, 0.15) is 31.1 Å². The molecular formula is C18H18F2N2O4. The Hall–Kier alpha value is -3.03. The van der Waals surface area contributed by atoms with E-state index in [1.807, 2.05) is 0 Å². The molecule has 0 atom stereocenters. The van der Waals surface area contributed by atoms with E-state index in [1.165, 1.54) is 30.5 Å². The molecule has 0 aliphatic heterocycles. The smallest absolute Gasteiger partial charge is 0.412 e. The summed E-state index contributed by atoms with van der Waals surface area (Å²) < 4.78 is 34.9. The molecule has 0 saturated heterocycles. The highest BCUT2D eigenvalue weighted by Crippen LogP contribution is 2.33. The first-order valence-electron chi connectivity index (χ1n) is 7.69. The number of pyridine rings is 1. The largest absolute Gasteiger partial charge is 0.444 e. The average molecular weight is 364 g/mol. The van der Waals surface area contributed by atoms with E-state index in [2.05, 4.69) is 15.0 Å². The molecule has 0 aliphatic rings. The number of carbonyl (C=O) groups is 2. The van der Waals surface area contributed by atoms with Crippen molar-refractivity contribution in [3.63, 3.8) is 0 Å². The average Bonchev–Trinajstić information content (AvgIpc) is 2.52. The number of alkyl halides is 2. The van der Waals surface area contributed by atoms with Gasteiger partial charge in [-0.2, -0.15) is 8.78 Å². The number of carbonyl (C=O) groups excluding carboxylic acids is 2. The predicted octanol–water partition coefficient (Wildman–Crippen LogP) is 4.51. The minimum Gasteiger partial charge on any atom is -0.444 e. The summed E-state index contributed by atoms with van der Waals surface area (Å²) in [5.41, 5.74) is -0.263. The van der Waals surface area contributed by atoms with Gasteiger partial charge in [0.2, 0.25) is 0 Å². The number of amides is 1. The van der Waals surface area contributed by atoms with E-state index in [1.54, 1.807) is 26.8 Å². The highest BCUT2D eigenvalue weighted by Gasteiger charge is 2.20. The van der Waals surface area contributed by atoms with Crippen molar-refractivity contribution in [2.75, 3.05) is 5.32 Å². The number of para-hydroxylation sites is 1. The summed E-state index contributed by atoms with van der Waals surface area (Å²) in [6.07, 6.45) is 1.07. The molecule has 0 unspecified atom stereocenters. The molecule has 0 spiro atoms. The Morgan fingerprint density at radius 3 is 2.54 bits per heavy atom. The third-order valence-corrected chi connectivity index (χ3v) is 3.10. The fourth-order valence-corrected chi connectivity index (χ4v) is 2.19. The SMILES string of the molecule is CC(C)(C)OC(=O)Nc1ccnc(-c2ccccc2OC(F)F)c1C=O. The summed E-state index contributed by atoms with van der Waals surface area (Å²) in [4.78, 5) is 27.6. The summed E-state index contributed by atoms with van der Waals surface area (Å²) >= 11 is 0. The second-order valence-electron chi connectivity index (χ2n) is 6.24. The van der Waals surface area contributed by atoms with Gasteiger partial charge in [0, 0.05) is 11.8 Å². The lowest BCUT2D eigenvalue weighted by Gasteiger charge is -2.20. The maximum Gasteiger partial charge on any atom is 0.412 e. The zero-order valence-electron chi connectivity index (χ0n) is 14.5. The van der Waals surface area contributed by atoms with Gasteiger partial charge in [0.1, 0.15) is 11.4 Å². The normalized spacial score (nSPS) is 11.2. The number of aldehydes is 1. The molecule has 0 fully saturated rings. The Labute approximate surface area is 149 Å². The first kappa shape index (κ1) is 19.3. The van der Waals surface area contributed by atoms with E-state index < -0.39 is 18.3 Å². The number of hydrogen-bond donors (Lipinski definition) is 1. The zero-order chi connectivity index (χ0) is 19.3. The van der Waals surface area contributed by atoms with Crippen molar-refractivity contribution >= 4 is 18.1 Å². The molecule has 1 aromatic carbocycles. The zero-order valence-corrected chi connectivity index (χ0v) is 14.5. The predicted molar refractivity (Wildman–Crippen MR) is 91.5 cm³/mol. The van der Waals surface area contributed by atoms with Crippen LogP contribution in [0.15, 0.2) is 36.5 Å². The Balaban J connectivity index is 2.43. The van der Waals surface area contributed by atoms with E-state index in [9.17, 15) is 18.4 Å². The van der Waals surface area contributed by atoms with E-state index in [4.69, 9.17) is 4.74 Å². The van der Waals surface area contributed by atoms with Crippen molar-refractivity contribution in [2.24, 2.45) is 0 Å². The van der Waals surface area contributed by atoms with Crippen LogP contribution in [0.4, 0.5) is 19.3 Å². The quantitative estimate of drug-likeness (QED) is 0.790. The second kappa shape index (κ2) is 7.90. The molecule has 1 aromatic heterocycles. The molecule has 138 valence electrons. The van der Waals surface area contributed by atoms with Crippen molar-refractivity contribution in [3.05, 3.63) is 42.1 Å². The van der Waals surface area contributed by atoms with Gasteiger partial charge >= 0.3 is 12.7 Å². The van der Waals surface area contributed by atoms with Crippen molar-refractivity contribution < 1.29 is 27.8 Å². The topological polar surface area (TPSA) is 77.5 Å². The van der Waals surface area contributed by atoms with E-state index in [0.717, 1.165) is 0 Å². The van der Waals surface area contributed by atoms with Crippen LogP contribution in [0, 0.1) is 0 Å². The lowest BCUT2D eigenvalue weighted by atomic mass is 10.0. The Morgan fingerprint density at radius 2 is 1.92 bits per heavy atom. The van der Waals surface area contributed by atoms with Gasteiger partial charge in [0.05, 0.1) is 16.9 Å². The van der Waals surface area contributed by atoms with Crippen molar-refractivity contribution in [1.29, 1.82) is 0 Å². The van der Waals surface area contributed by atoms with Gasteiger partial charge in [-0.15, -0.1) is 0 Å². The molecule has 0 saturated carbocycles. The van der Waals surface area contributed by atoms with E-state index in [0.29, 0.717) is 6.29 Å². The van der Waals surface area contributed by atoms with Crippen LogP contribution in [0.25, 0.3) is 11.3 Å². The summed E-state index contributed by atoms with van der Waals surface area (Å²) in [6.45, 7) is 2.06. The maximum absolute atomic E-state index is 12.6. The van der Waals surface area contributed by atoms with Gasteiger partial charge in [0.25, 0.3) is 0 Å². The van der Waals surface area contributed by atoms with Crippen LogP contribution in [-0.2, 0) is 4.74 Å². The third-order valence-electron chi connectivity index (χ3n) is 3.10. The van der Waals surface area contributed by atoms with Crippen molar-refractivity contribution in [3.8, 4) is 17.0 Å². The first-order chi connectivity index (χ1) is 12.2. The number of ether oxygens (including phenoxy) is 2. The van der Waals surface area contributed by atoms with Crippen molar-refractivity contribution in [2.45, 2.75) is 33.0 Å². The molecule has 2 aromatic rings. The molecule has 0 aliphatic carbocycles. The number of anilines is 1. The summed E-state index contributed by atoms with van der Waals surface area (Å²) in [5, 5.41) is 2.47. The van der Waals surface area contributed by atoms with Crippen LogP contribution in [0.3, 0.4) is 0 Å². The Morgan fingerprint density at radius 1 is 1.23 bits per heavy atom. The molecule has 8 heteroatoms. The number of hydrogen-bond acceptors (Lipinski definition) is 5. The minimum atomic E-state index is -3.03. The number of nitrogens with zero attached hydrogens (tertiary/aromatic N) is 1. The summed E-state index contributed by atoms with van der Waals surface area (Å²) in [5.74, 6) is -0.132. The molecular weight excluding hydrogens is 346 g/mol. The van der Waals surface area contributed by atoms with Gasteiger partial charge in [-0.05, 0) is 39.0 Å². The second-order valence-corrected chi connectivity index (χ2v) is 6.24. The van der Waals surface area contributed by atoms with Gasteiger partial charge in [-0.25, -0.2) is 4.79 Å². The van der Waals surface area contributed by atoms with E-state index >= 15 is 0 Å². The molecule has 1 amide bonds. The van der Waals surface area contributed by atoms with E-state index in [-0.39, 0.29) is 28.3 Å². The molecule has 6 nitrogen and oxygen atoms in total. The van der Waals surface area contributed by atoms with Gasteiger partial charge in [-0.1, -0.05) is 12.1 Å². The van der Waals surface area contributed by atoms with Gasteiger partial charge in [0.15, 0.2) is 6.29 Å². The Bertz CT molecular complexity index is 804. The highest BCUT2D eigenvalue weighted by atomic mass is 19.3. The van der Waals surface area contributed by atoms with Crippen LogP contribution in [0.5, 0.6) is 5.75 Å². The maximum atomic E-state index is 12.6. The fourth-order valence-electron chi connectivity index (χ4n) is 2.19. The third kappa shape index (κ3) is 4.98. The number of nitrogens with one attached hydrogen (secondary N) is 1. The number of aromatic nitrogens is 1. The Kier molecular flexibility index (Phi) is 5.86. The summed E-state index contributed by atoms with van der Waals surface area (Å²) in [6, 6.07) is 7.35. The lowest BCUT2D eigenvalue weighted by Crippen LogP contribution is -2.27. The minimum absolute atomic E-state index is 0.0173. The number of benzene rings is 1. The van der Waals surface area contributed by atoms with Crippen LogP contribution in [0.2, 0.25) is 0 Å². The molecule has 1 N–H and O–H groups in total. The first-order valence-corrected chi connectivity index (χ1v) is 7.69. The van der Waals surface area contributed by atoms with Crippen molar-refractivity contribution in [1.82, 2.24) is 4.98 Å². The monoisotopic (exact) mass is 364 g/mol. The molecule has 26 heavy (non-hydrogen) atoms. The number of halogens is 2. The van der Waals surface area contributed by atoms with Crippen LogP contribution < -0.4 is 10.1 Å². The van der Waals surface area contributed by atoms with Gasteiger partial charge in [-0.3, -0.25) is 15.1 Å². The standard InChI is InChI=1S/C18H18F2N2O4/c1-18(2,3)26-17(24)22-13-8-9-21-15(12(13)10-23)11-6-4-5-7-14(11)25-16(19)20/h4-10,16H,1-3H3,(H,21,22,24).